The highest BCUT2D eigenvalue weighted by molar-refractivity contribution is 5.85. The van der Waals surface area contributed by atoms with Crippen LogP contribution in [0.5, 0.6) is 0 Å². The number of nitrogens with one attached hydrogen (secondary N) is 1. The van der Waals surface area contributed by atoms with Gasteiger partial charge in [-0.3, -0.25) is 4.79 Å². The van der Waals surface area contributed by atoms with Crippen LogP contribution in [0.15, 0.2) is 24.3 Å². The van der Waals surface area contributed by atoms with Gasteiger partial charge in [-0.05, 0) is 50.2 Å². The zero-order valence-electron chi connectivity index (χ0n) is 14.4. The normalized spacial score (nSPS) is 22.4. The first kappa shape index (κ1) is 15.7. The molecule has 2 aliphatic heterocycles. The second-order valence-electron chi connectivity index (χ2n) is 7.20. The van der Waals surface area contributed by atoms with Crippen LogP contribution < -0.4 is 0 Å². The predicted molar refractivity (Wildman–Crippen MR) is 95.2 cm³/mol. The van der Waals surface area contributed by atoms with Crippen LogP contribution in [-0.4, -0.2) is 41.6 Å². The molecular weight excluding hydrogens is 300 g/mol. The fourth-order valence-corrected chi connectivity index (χ4v) is 4.37. The number of rotatable bonds is 3. The molecule has 0 bridgehead atoms. The number of aryl methyl sites for hydroxylation is 1. The van der Waals surface area contributed by atoms with E-state index in [0.717, 1.165) is 45.4 Å². The monoisotopic (exact) mass is 326 g/mol. The Hall–Kier alpha value is -1.81. The highest BCUT2D eigenvalue weighted by Crippen LogP contribution is 2.35. The number of H-pyrrole nitrogens is 1. The lowest BCUT2D eigenvalue weighted by atomic mass is 9.87. The molecule has 0 aliphatic carbocycles. The number of likely N-dealkylation sites (tertiary alicyclic amines) is 1. The van der Waals surface area contributed by atoms with Gasteiger partial charge in [-0.2, -0.15) is 0 Å². The second-order valence-corrected chi connectivity index (χ2v) is 7.20. The fourth-order valence-electron chi connectivity index (χ4n) is 4.37. The number of carbonyl (C=O) groups is 1. The summed E-state index contributed by atoms with van der Waals surface area (Å²) in [5.74, 6) is 0.823. The number of piperidine rings is 1. The van der Waals surface area contributed by atoms with Gasteiger partial charge in [0, 0.05) is 36.3 Å². The highest BCUT2D eigenvalue weighted by Gasteiger charge is 2.28. The van der Waals surface area contributed by atoms with Gasteiger partial charge >= 0.3 is 0 Å². The zero-order valence-corrected chi connectivity index (χ0v) is 14.4. The molecule has 4 rings (SSSR count). The Morgan fingerprint density at radius 2 is 2.04 bits per heavy atom. The number of carbonyl (C=O) groups excluding carboxylic acids is 1. The molecule has 4 nitrogen and oxygen atoms in total. The van der Waals surface area contributed by atoms with Crippen molar-refractivity contribution in [3.8, 4) is 0 Å². The van der Waals surface area contributed by atoms with Gasteiger partial charge in [0.1, 0.15) is 0 Å². The van der Waals surface area contributed by atoms with E-state index < -0.39 is 0 Å². The number of hydrogen-bond donors (Lipinski definition) is 1. The van der Waals surface area contributed by atoms with Crippen molar-refractivity contribution in [1.82, 2.24) is 9.88 Å². The summed E-state index contributed by atoms with van der Waals surface area (Å²) in [6.45, 7) is 4.73. The first-order valence-electron chi connectivity index (χ1n) is 9.19. The predicted octanol–water partition coefficient (Wildman–Crippen LogP) is 3.75. The Kier molecular flexibility index (Phi) is 4.31. The van der Waals surface area contributed by atoms with Crippen LogP contribution in [0.4, 0.5) is 0 Å². The summed E-state index contributed by atoms with van der Waals surface area (Å²) >= 11 is 0. The minimum absolute atomic E-state index is 0.158. The van der Waals surface area contributed by atoms with Gasteiger partial charge < -0.3 is 14.6 Å². The van der Waals surface area contributed by atoms with Crippen LogP contribution in [0.1, 0.15) is 49.3 Å². The Morgan fingerprint density at radius 3 is 2.79 bits per heavy atom. The summed E-state index contributed by atoms with van der Waals surface area (Å²) in [6, 6.07) is 8.54. The molecule has 1 atom stereocenters. The summed E-state index contributed by atoms with van der Waals surface area (Å²) in [5, 5.41) is 1.35. The lowest BCUT2D eigenvalue weighted by molar-refractivity contribution is -0.134. The summed E-state index contributed by atoms with van der Waals surface area (Å²) in [4.78, 5) is 18.0. The first-order valence-corrected chi connectivity index (χ1v) is 9.19. The molecule has 1 N–H and O–H groups in total. The molecule has 2 aromatic rings. The van der Waals surface area contributed by atoms with Crippen molar-refractivity contribution in [2.45, 2.75) is 51.0 Å². The van der Waals surface area contributed by atoms with Crippen LogP contribution in [-0.2, 0) is 9.53 Å². The van der Waals surface area contributed by atoms with Gasteiger partial charge in [0.25, 0.3) is 0 Å². The lowest BCUT2D eigenvalue weighted by Gasteiger charge is -2.33. The van der Waals surface area contributed by atoms with E-state index in [1.54, 1.807) is 0 Å². The molecule has 2 aliphatic rings. The number of benzene rings is 1. The number of amides is 1. The van der Waals surface area contributed by atoms with Crippen molar-refractivity contribution in [3.63, 3.8) is 0 Å². The molecule has 3 heterocycles. The molecule has 4 heteroatoms. The minimum Gasteiger partial charge on any atom is -0.378 e. The third kappa shape index (κ3) is 2.95. The molecule has 24 heavy (non-hydrogen) atoms. The van der Waals surface area contributed by atoms with E-state index in [9.17, 15) is 4.79 Å². The van der Waals surface area contributed by atoms with E-state index in [1.165, 1.54) is 22.2 Å². The number of ether oxygens (including phenoxy) is 1. The van der Waals surface area contributed by atoms with E-state index >= 15 is 0 Å². The van der Waals surface area contributed by atoms with Crippen LogP contribution in [0.2, 0.25) is 0 Å². The standard InChI is InChI=1S/C20H26N2O2/c1-14-20(17-6-2-3-7-18(17)21-14)15-8-10-22(11-9-15)19(23)13-16-5-4-12-24-16/h2-3,6-7,15-16,21H,4-5,8-13H2,1H3. The van der Waals surface area contributed by atoms with Crippen molar-refractivity contribution in [2.75, 3.05) is 19.7 Å². The van der Waals surface area contributed by atoms with Gasteiger partial charge in [0.05, 0.1) is 12.5 Å². The number of para-hydroxylation sites is 1. The quantitative estimate of drug-likeness (QED) is 0.933. The first-order chi connectivity index (χ1) is 11.7. The van der Waals surface area contributed by atoms with Crippen LogP contribution in [0.25, 0.3) is 10.9 Å². The third-order valence-electron chi connectivity index (χ3n) is 5.63. The molecule has 0 saturated carbocycles. The van der Waals surface area contributed by atoms with Crippen molar-refractivity contribution >= 4 is 16.8 Å². The topological polar surface area (TPSA) is 45.3 Å². The van der Waals surface area contributed by atoms with Crippen LogP contribution in [0.3, 0.4) is 0 Å². The molecular formula is C20H26N2O2. The summed E-state index contributed by atoms with van der Waals surface area (Å²) < 4.78 is 5.61. The average molecular weight is 326 g/mol. The molecule has 2 fully saturated rings. The molecule has 0 spiro atoms. The molecule has 0 radical (unpaired) electrons. The number of fused-ring (bicyclic) bond motifs is 1. The molecule has 1 aromatic heterocycles. The average Bonchev–Trinajstić information content (AvgIpc) is 3.21. The fraction of sp³-hybridized carbons (Fsp3) is 0.550. The van der Waals surface area contributed by atoms with Gasteiger partial charge in [0.15, 0.2) is 0 Å². The van der Waals surface area contributed by atoms with E-state index in [4.69, 9.17) is 4.74 Å². The summed E-state index contributed by atoms with van der Waals surface area (Å²) in [6.07, 6.45) is 4.97. The van der Waals surface area contributed by atoms with E-state index in [0.29, 0.717) is 12.3 Å². The molecule has 2 saturated heterocycles. The van der Waals surface area contributed by atoms with E-state index in [-0.39, 0.29) is 12.0 Å². The van der Waals surface area contributed by atoms with Crippen molar-refractivity contribution in [2.24, 2.45) is 0 Å². The minimum atomic E-state index is 0.158. The van der Waals surface area contributed by atoms with E-state index in [2.05, 4.69) is 36.2 Å². The lowest BCUT2D eigenvalue weighted by Crippen LogP contribution is -2.39. The molecule has 1 amide bonds. The number of aromatic nitrogens is 1. The van der Waals surface area contributed by atoms with Crippen molar-refractivity contribution in [1.29, 1.82) is 0 Å². The smallest absolute Gasteiger partial charge is 0.225 e. The van der Waals surface area contributed by atoms with Crippen molar-refractivity contribution < 1.29 is 9.53 Å². The maximum Gasteiger partial charge on any atom is 0.225 e. The summed E-state index contributed by atoms with van der Waals surface area (Å²) in [5.41, 5.74) is 3.96. The van der Waals surface area contributed by atoms with Gasteiger partial charge in [-0.1, -0.05) is 18.2 Å². The Balaban J connectivity index is 1.42. The SMILES string of the molecule is Cc1[nH]c2ccccc2c1C1CCN(C(=O)CC2CCCO2)CC1. The van der Waals surface area contributed by atoms with Crippen LogP contribution >= 0.6 is 0 Å². The summed E-state index contributed by atoms with van der Waals surface area (Å²) in [7, 11) is 0. The van der Waals surface area contributed by atoms with Gasteiger partial charge in [-0.25, -0.2) is 0 Å². The van der Waals surface area contributed by atoms with E-state index in [1.807, 2.05) is 4.90 Å². The molecule has 128 valence electrons. The van der Waals surface area contributed by atoms with Crippen LogP contribution in [0, 0.1) is 6.92 Å². The second kappa shape index (κ2) is 6.60. The molecule has 1 aromatic carbocycles. The molecule has 1 unspecified atom stereocenters. The Labute approximate surface area is 143 Å². The zero-order chi connectivity index (χ0) is 16.5. The number of aromatic amines is 1. The number of nitrogens with zero attached hydrogens (tertiary/aromatic N) is 1. The Bertz CT molecular complexity index is 722. The van der Waals surface area contributed by atoms with Gasteiger partial charge in [-0.15, -0.1) is 0 Å². The maximum absolute atomic E-state index is 12.5. The Morgan fingerprint density at radius 1 is 1.25 bits per heavy atom. The van der Waals surface area contributed by atoms with Crippen molar-refractivity contribution in [3.05, 3.63) is 35.5 Å². The number of hydrogen-bond acceptors (Lipinski definition) is 2. The largest absolute Gasteiger partial charge is 0.378 e. The highest BCUT2D eigenvalue weighted by atomic mass is 16.5. The maximum atomic E-state index is 12.5. The third-order valence-corrected chi connectivity index (χ3v) is 5.63. The van der Waals surface area contributed by atoms with Gasteiger partial charge in [0.2, 0.25) is 5.91 Å².